The number of hydrogen-bond acceptors (Lipinski definition) is 5. The van der Waals surface area contributed by atoms with E-state index in [4.69, 9.17) is 4.74 Å². The first-order chi connectivity index (χ1) is 7.72. The van der Waals surface area contributed by atoms with Crippen LogP contribution in [0.3, 0.4) is 0 Å². The van der Waals surface area contributed by atoms with Crippen LogP contribution in [0.15, 0.2) is 3.79 Å². The van der Waals surface area contributed by atoms with E-state index in [1.807, 2.05) is 0 Å². The number of hydrogen-bond donors (Lipinski definition) is 1. The third-order valence-electron chi connectivity index (χ3n) is 2.30. The van der Waals surface area contributed by atoms with Crippen molar-refractivity contribution in [1.82, 2.24) is 10.3 Å². The summed E-state index contributed by atoms with van der Waals surface area (Å²) >= 11 is 4.84. The molecule has 0 radical (unpaired) electrons. The summed E-state index contributed by atoms with van der Waals surface area (Å²) in [5.41, 5.74) is 0.453. The summed E-state index contributed by atoms with van der Waals surface area (Å²) in [5, 5.41) is 3.44. The number of morpholine rings is 1. The van der Waals surface area contributed by atoms with Crippen LogP contribution in [-0.4, -0.2) is 44.2 Å². The molecule has 16 heavy (non-hydrogen) atoms. The van der Waals surface area contributed by atoms with E-state index in [0.29, 0.717) is 18.9 Å². The van der Waals surface area contributed by atoms with Gasteiger partial charge in [0.25, 0.3) is 5.91 Å². The lowest BCUT2D eigenvalue weighted by Crippen LogP contribution is -2.36. The Kier molecular flexibility index (Phi) is 3.78. The molecule has 0 bridgehead atoms. The van der Waals surface area contributed by atoms with Crippen molar-refractivity contribution >= 4 is 38.3 Å². The first-order valence-corrected chi connectivity index (χ1v) is 6.54. The molecule has 1 aliphatic heterocycles. The maximum Gasteiger partial charge on any atom is 0.271 e. The van der Waals surface area contributed by atoms with Gasteiger partial charge in [0, 0.05) is 20.1 Å². The highest BCUT2D eigenvalue weighted by molar-refractivity contribution is 9.11. The third kappa shape index (κ3) is 2.36. The maximum absolute atomic E-state index is 11.5. The Bertz CT molecular complexity index is 390. The number of ether oxygens (including phenoxy) is 1. The number of amides is 1. The molecule has 0 unspecified atom stereocenters. The molecule has 1 N–H and O–H groups in total. The summed E-state index contributed by atoms with van der Waals surface area (Å²) in [6, 6.07) is 0. The molecular formula is C9H12BrN3O2S. The smallest absolute Gasteiger partial charge is 0.271 e. The van der Waals surface area contributed by atoms with Crippen molar-refractivity contribution in [3.8, 4) is 0 Å². The molecule has 1 amide bonds. The van der Waals surface area contributed by atoms with Crippen LogP contribution >= 0.6 is 27.3 Å². The second kappa shape index (κ2) is 5.11. The first kappa shape index (κ1) is 11.8. The number of halogens is 1. The molecule has 0 spiro atoms. The van der Waals surface area contributed by atoms with Gasteiger partial charge in [-0.15, -0.1) is 0 Å². The standard InChI is InChI=1S/C9H12BrN3O2S/c1-11-8(14)6-7(10)16-9(12-6)13-2-4-15-5-3-13/h2-5H2,1H3,(H,11,14). The van der Waals surface area contributed by atoms with Gasteiger partial charge >= 0.3 is 0 Å². The van der Waals surface area contributed by atoms with E-state index in [2.05, 4.69) is 31.1 Å². The molecule has 1 aromatic rings. The Morgan fingerprint density at radius 2 is 2.25 bits per heavy atom. The molecule has 7 heteroatoms. The normalized spacial score (nSPS) is 16.2. The van der Waals surface area contributed by atoms with E-state index in [9.17, 15) is 4.79 Å². The summed E-state index contributed by atoms with van der Waals surface area (Å²) in [7, 11) is 1.60. The number of anilines is 1. The summed E-state index contributed by atoms with van der Waals surface area (Å²) in [6.07, 6.45) is 0. The van der Waals surface area contributed by atoms with E-state index in [-0.39, 0.29) is 5.91 Å². The van der Waals surface area contributed by atoms with Gasteiger partial charge in [-0.3, -0.25) is 4.79 Å². The SMILES string of the molecule is CNC(=O)c1nc(N2CCOCC2)sc1Br. The molecule has 88 valence electrons. The van der Waals surface area contributed by atoms with E-state index in [1.54, 1.807) is 7.05 Å². The molecule has 1 fully saturated rings. The van der Waals surface area contributed by atoms with Crippen LogP contribution in [0, 0.1) is 0 Å². The summed E-state index contributed by atoms with van der Waals surface area (Å²) in [5.74, 6) is -0.164. The molecule has 0 saturated carbocycles. The Labute approximate surface area is 106 Å². The fourth-order valence-corrected chi connectivity index (χ4v) is 2.99. The number of carbonyl (C=O) groups excluding carboxylic acids is 1. The zero-order valence-corrected chi connectivity index (χ0v) is 11.2. The monoisotopic (exact) mass is 305 g/mol. The predicted molar refractivity (Wildman–Crippen MR) is 66.2 cm³/mol. The van der Waals surface area contributed by atoms with Crippen molar-refractivity contribution in [2.75, 3.05) is 38.3 Å². The van der Waals surface area contributed by atoms with Crippen LogP contribution in [0.5, 0.6) is 0 Å². The average molecular weight is 306 g/mol. The van der Waals surface area contributed by atoms with Gasteiger partial charge in [-0.25, -0.2) is 4.98 Å². The average Bonchev–Trinajstić information content (AvgIpc) is 2.71. The van der Waals surface area contributed by atoms with Gasteiger partial charge in [-0.05, 0) is 15.9 Å². The topological polar surface area (TPSA) is 54.5 Å². The maximum atomic E-state index is 11.5. The zero-order chi connectivity index (χ0) is 11.5. The Hall–Kier alpha value is -0.660. The summed E-state index contributed by atoms with van der Waals surface area (Å²) in [4.78, 5) is 18.0. The quantitative estimate of drug-likeness (QED) is 0.889. The number of nitrogens with zero attached hydrogens (tertiary/aromatic N) is 2. The minimum absolute atomic E-state index is 0.164. The number of nitrogens with one attached hydrogen (secondary N) is 1. The molecule has 1 aromatic heterocycles. The molecule has 2 heterocycles. The van der Waals surface area contributed by atoms with Crippen LogP contribution in [-0.2, 0) is 4.74 Å². The van der Waals surface area contributed by atoms with E-state index in [1.165, 1.54) is 11.3 Å². The van der Waals surface area contributed by atoms with Crippen molar-refractivity contribution in [3.05, 3.63) is 9.48 Å². The second-order valence-corrected chi connectivity index (χ2v) is 5.59. The van der Waals surface area contributed by atoms with Gasteiger partial charge in [0.1, 0.15) is 3.79 Å². The van der Waals surface area contributed by atoms with Crippen LogP contribution in [0.4, 0.5) is 5.13 Å². The van der Waals surface area contributed by atoms with Gasteiger partial charge < -0.3 is 15.0 Å². The summed E-state index contributed by atoms with van der Waals surface area (Å²) < 4.78 is 6.04. The van der Waals surface area contributed by atoms with Crippen LogP contribution in [0.1, 0.15) is 10.5 Å². The lowest BCUT2D eigenvalue weighted by molar-refractivity contribution is 0.0958. The van der Waals surface area contributed by atoms with Crippen molar-refractivity contribution < 1.29 is 9.53 Å². The lowest BCUT2D eigenvalue weighted by Gasteiger charge is -2.25. The number of carbonyl (C=O) groups is 1. The molecule has 1 aliphatic rings. The Morgan fingerprint density at radius 3 is 2.88 bits per heavy atom. The van der Waals surface area contributed by atoms with Gasteiger partial charge in [0.15, 0.2) is 10.8 Å². The summed E-state index contributed by atoms with van der Waals surface area (Å²) in [6.45, 7) is 3.08. The first-order valence-electron chi connectivity index (χ1n) is 4.93. The number of aromatic nitrogens is 1. The van der Waals surface area contributed by atoms with Gasteiger partial charge in [-0.2, -0.15) is 0 Å². The minimum atomic E-state index is -0.164. The highest BCUT2D eigenvalue weighted by Crippen LogP contribution is 2.31. The highest BCUT2D eigenvalue weighted by Gasteiger charge is 2.20. The molecular weight excluding hydrogens is 294 g/mol. The number of thiazole rings is 1. The van der Waals surface area contributed by atoms with E-state index in [0.717, 1.165) is 22.0 Å². The van der Waals surface area contributed by atoms with E-state index < -0.39 is 0 Å². The predicted octanol–water partition coefficient (Wildman–Crippen LogP) is 1.10. The van der Waals surface area contributed by atoms with Crippen LogP contribution in [0.2, 0.25) is 0 Å². The van der Waals surface area contributed by atoms with Crippen molar-refractivity contribution in [2.24, 2.45) is 0 Å². The van der Waals surface area contributed by atoms with E-state index >= 15 is 0 Å². The molecule has 0 aliphatic carbocycles. The minimum Gasteiger partial charge on any atom is -0.378 e. The lowest BCUT2D eigenvalue weighted by atomic mass is 10.4. The highest BCUT2D eigenvalue weighted by atomic mass is 79.9. The van der Waals surface area contributed by atoms with Crippen molar-refractivity contribution in [2.45, 2.75) is 0 Å². The molecule has 1 saturated heterocycles. The fraction of sp³-hybridized carbons (Fsp3) is 0.556. The van der Waals surface area contributed by atoms with Gasteiger partial charge in [0.2, 0.25) is 0 Å². The Morgan fingerprint density at radius 1 is 1.56 bits per heavy atom. The van der Waals surface area contributed by atoms with Crippen LogP contribution < -0.4 is 10.2 Å². The Balaban J connectivity index is 2.19. The molecule has 0 aromatic carbocycles. The third-order valence-corrected chi connectivity index (χ3v) is 4.06. The zero-order valence-electron chi connectivity index (χ0n) is 8.83. The molecule has 0 atom stereocenters. The molecule has 2 rings (SSSR count). The fourth-order valence-electron chi connectivity index (χ4n) is 1.44. The van der Waals surface area contributed by atoms with Crippen molar-refractivity contribution in [1.29, 1.82) is 0 Å². The van der Waals surface area contributed by atoms with Crippen LogP contribution in [0.25, 0.3) is 0 Å². The largest absolute Gasteiger partial charge is 0.378 e. The van der Waals surface area contributed by atoms with Gasteiger partial charge in [0.05, 0.1) is 13.2 Å². The number of rotatable bonds is 2. The van der Waals surface area contributed by atoms with Crippen molar-refractivity contribution in [3.63, 3.8) is 0 Å². The molecule has 5 nitrogen and oxygen atoms in total. The van der Waals surface area contributed by atoms with Gasteiger partial charge in [-0.1, -0.05) is 11.3 Å². The second-order valence-electron chi connectivity index (χ2n) is 3.30.